The van der Waals surface area contributed by atoms with E-state index in [1.165, 1.54) is 17.9 Å². The molecule has 0 saturated heterocycles. The Bertz CT molecular complexity index is 1090. The van der Waals surface area contributed by atoms with Crippen LogP contribution < -0.4 is 10.3 Å². The van der Waals surface area contributed by atoms with Crippen molar-refractivity contribution < 1.29 is 32.7 Å². The van der Waals surface area contributed by atoms with Gasteiger partial charge in [0.2, 0.25) is 11.8 Å². The number of halogens is 3. The smallest absolute Gasteiger partial charge is 0.416 e. The number of nitrogens with zero attached hydrogens (tertiary/aromatic N) is 2. The number of carbonyl (C=O) groups excluding carboxylic acids is 2. The molecule has 1 aliphatic rings. The van der Waals surface area contributed by atoms with Crippen LogP contribution in [0.5, 0.6) is 0 Å². The van der Waals surface area contributed by atoms with Crippen LogP contribution in [0.25, 0.3) is 0 Å². The Hall–Kier alpha value is -3.69. The number of carboxylic acid groups (broad SMARTS) is 1. The van der Waals surface area contributed by atoms with E-state index in [9.17, 15) is 27.6 Å². The summed E-state index contributed by atoms with van der Waals surface area (Å²) in [4.78, 5) is 36.8. The maximum Gasteiger partial charge on any atom is 0.416 e. The molecule has 0 fully saturated rings. The van der Waals surface area contributed by atoms with Crippen LogP contribution >= 0.6 is 0 Å². The molecule has 0 aromatic heterocycles. The monoisotopic (exact) mass is 447 g/mol. The number of rotatable bonds is 6. The van der Waals surface area contributed by atoms with Crippen molar-refractivity contribution in [2.45, 2.75) is 38.8 Å². The van der Waals surface area contributed by atoms with Crippen LogP contribution in [0, 0.1) is 6.92 Å². The van der Waals surface area contributed by atoms with Crippen LogP contribution in [0.15, 0.2) is 47.6 Å². The predicted molar refractivity (Wildman–Crippen MR) is 111 cm³/mol. The first kappa shape index (κ1) is 23.0. The second kappa shape index (κ2) is 8.81. The lowest BCUT2D eigenvalue weighted by atomic mass is 9.95. The van der Waals surface area contributed by atoms with Crippen molar-refractivity contribution in [1.82, 2.24) is 5.43 Å². The minimum atomic E-state index is -4.59. The summed E-state index contributed by atoms with van der Waals surface area (Å²) >= 11 is 0. The Labute approximate surface area is 181 Å². The first-order chi connectivity index (χ1) is 15.0. The van der Waals surface area contributed by atoms with E-state index in [-0.39, 0.29) is 24.2 Å². The highest BCUT2D eigenvalue weighted by molar-refractivity contribution is 6.21. The normalized spacial score (nSPS) is 16.2. The van der Waals surface area contributed by atoms with Gasteiger partial charge in [-0.25, -0.2) is 5.43 Å². The van der Waals surface area contributed by atoms with Crippen molar-refractivity contribution in [2.75, 3.05) is 4.90 Å². The summed E-state index contributed by atoms with van der Waals surface area (Å²) in [5.74, 6) is -3.31. The Morgan fingerprint density at radius 2 is 1.78 bits per heavy atom. The minimum absolute atomic E-state index is 0.0884. The van der Waals surface area contributed by atoms with Crippen LogP contribution in [0.3, 0.4) is 0 Å². The van der Waals surface area contributed by atoms with Crippen molar-refractivity contribution in [2.24, 2.45) is 5.10 Å². The standard InChI is InChI=1S/C22H20F3N3O4/c1-12-3-6-15(7-4-12)28-17-11-14(22(23,24)25)5-8-16(17)20(21(28)32)13(2)26-27-18(29)9-10-19(30)31/h3-8,11,20H,9-10H2,1-2H3,(H,27,29)(H,30,31)/b26-13-. The van der Waals surface area contributed by atoms with Gasteiger partial charge in [0, 0.05) is 12.1 Å². The van der Waals surface area contributed by atoms with Crippen molar-refractivity contribution in [3.05, 3.63) is 59.2 Å². The number of hydrogen-bond donors (Lipinski definition) is 2. The topological polar surface area (TPSA) is 99.1 Å². The Morgan fingerprint density at radius 1 is 1.12 bits per heavy atom. The summed E-state index contributed by atoms with van der Waals surface area (Å²) in [6, 6.07) is 9.82. The zero-order chi connectivity index (χ0) is 23.6. The summed E-state index contributed by atoms with van der Waals surface area (Å²) in [6.07, 6.45) is -5.27. The number of carbonyl (C=O) groups is 3. The molecule has 7 nitrogen and oxygen atoms in total. The maximum absolute atomic E-state index is 13.3. The molecule has 1 atom stereocenters. The molecule has 0 saturated carbocycles. The van der Waals surface area contributed by atoms with Gasteiger partial charge in [-0.05, 0) is 43.7 Å². The van der Waals surface area contributed by atoms with Gasteiger partial charge in [0.1, 0.15) is 5.92 Å². The average molecular weight is 447 g/mol. The van der Waals surface area contributed by atoms with Gasteiger partial charge in [-0.2, -0.15) is 18.3 Å². The zero-order valence-corrected chi connectivity index (χ0v) is 17.2. The molecule has 32 heavy (non-hydrogen) atoms. The zero-order valence-electron chi connectivity index (χ0n) is 17.2. The van der Waals surface area contributed by atoms with E-state index in [4.69, 9.17) is 5.11 Å². The summed E-state index contributed by atoms with van der Waals surface area (Å²) in [5, 5.41) is 12.5. The lowest BCUT2D eigenvalue weighted by molar-refractivity contribution is -0.139. The van der Waals surface area contributed by atoms with Crippen molar-refractivity contribution in [3.8, 4) is 0 Å². The maximum atomic E-state index is 13.3. The van der Waals surface area contributed by atoms with Gasteiger partial charge < -0.3 is 5.11 Å². The molecule has 0 radical (unpaired) electrons. The molecule has 0 spiro atoms. The third kappa shape index (κ3) is 4.79. The van der Waals surface area contributed by atoms with Crippen molar-refractivity contribution in [3.63, 3.8) is 0 Å². The van der Waals surface area contributed by atoms with Gasteiger partial charge >= 0.3 is 12.1 Å². The predicted octanol–water partition coefficient (Wildman–Crippen LogP) is 4.13. The number of carboxylic acids is 1. The largest absolute Gasteiger partial charge is 0.481 e. The molecule has 10 heteroatoms. The van der Waals surface area contributed by atoms with Gasteiger partial charge in [-0.1, -0.05) is 23.8 Å². The molecule has 1 aliphatic heterocycles. The number of alkyl halides is 3. The van der Waals surface area contributed by atoms with Crippen LogP contribution in [0.4, 0.5) is 24.5 Å². The van der Waals surface area contributed by atoms with E-state index in [1.807, 2.05) is 6.92 Å². The molecule has 0 aliphatic carbocycles. The Morgan fingerprint density at radius 3 is 2.38 bits per heavy atom. The highest BCUT2D eigenvalue weighted by Crippen LogP contribution is 2.45. The molecular formula is C22H20F3N3O4. The van der Waals surface area contributed by atoms with Gasteiger partial charge in [0.25, 0.3) is 0 Å². The summed E-state index contributed by atoms with van der Waals surface area (Å²) in [5.41, 5.74) is 3.21. The van der Waals surface area contributed by atoms with Crippen molar-refractivity contribution >= 4 is 34.9 Å². The first-order valence-corrected chi connectivity index (χ1v) is 9.65. The second-order valence-electron chi connectivity index (χ2n) is 7.40. The van der Waals surface area contributed by atoms with E-state index in [2.05, 4.69) is 10.5 Å². The number of nitrogens with one attached hydrogen (secondary N) is 1. The third-order valence-electron chi connectivity index (χ3n) is 5.01. The fourth-order valence-electron chi connectivity index (χ4n) is 3.39. The van der Waals surface area contributed by atoms with E-state index in [1.54, 1.807) is 24.3 Å². The van der Waals surface area contributed by atoms with Gasteiger partial charge in [0.05, 0.1) is 23.4 Å². The number of hydrogen-bond acceptors (Lipinski definition) is 4. The third-order valence-corrected chi connectivity index (χ3v) is 5.01. The molecular weight excluding hydrogens is 427 g/mol. The number of anilines is 2. The second-order valence-corrected chi connectivity index (χ2v) is 7.40. The lowest BCUT2D eigenvalue weighted by Crippen LogP contribution is -2.29. The van der Waals surface area contributed by atoms with Crippen molar-refractivity contribution in [1.29, 1.82) is 0 Å². The SMILES string of the molecule is C/C(=N/NC(=O)CCC(=O)O)C1C(=O)N(c2ccc(C)cc2)c2cc(C(F)(F)F)ccc21. The minimum Gasteiger partial charge on any atom is -0.481 e. The summed E-state index contributed by atoms with van der Waals surface area (Å²) in [6.45, 7) is 3.32. The molecule has 1 heterocycles. The molecule has 3 rings (SSSR count). The number of benzene rings is 2. The van der Waals surface area contributed by atoms with Gasteiger partial charge in [0.15, 0.2) is 0 Å². The number of aliphatic carboxylic acids is 1. The number of hydrazone groups is 1. The molecule has 0 bridgehead atoms. The van der Waals surface area contributed by atoms with Crippen LogP contribution in [0.1, 0.15) is 42.4 Å². The van der Waals surface area contributed by atoms with Crippen LogP contribution in [-0.4, -0.2) is 28.6 Å². The number of fused-ring (bicyclic) bond motifs is 1. The van der Waals surface area contributed by atoms with Crippen LogP contribution in [0.2, 0.25) is 0 Å². The number of amides is 2. The van der Waals surface area contributed by atoms with E-state index in [0.29, 0.717) is 11.3 Å². The fraction of sp³-hybridized carbons (Fsp3) is 0.273. The summed E-state index contributed by atoms with van der Waals surface area (Å²) < 4.78 is 39.9. The average Bonchev–Trinajstić information content (AvgIpc) is 3.01. The van der Waals surface area contributed by atoms with E-state index >= 15 is 0 Å². The summed E-state index contributed by atoms with van der Waals surface area (Å²) in [7, 11) is 0. The van der Waals surface area contributed by atoms with E-state index in [0.717, 1.165) is 17.7 Å². The Balaban J connectivity index is 1.99. The van der Waals surface area contributed by atoms with Gasteiger partial charge in [-0.3, -0.25) is 19.3 Å². The highest BCUT2D eigenvalue weighted by Gasteiger charge is 2.42. The first-order valence-electron chi connectivity index (χ1n) is 9.65. The molecule has 2 amide bonds. The Kier molecular flexibility index (Phi) is 6.33. The molecule has 2 N–H and O–H groups in total. The quantitative estimate of drug-likeness (QED) is 0.514. The molecule has 2 aromatic carbocycles. The lowest BCUT2D eigenvalue weighted by Gasteiger charge is -2.19. The van der Waals surface area contributed by atoms with Gasteiger partial charge in [-0.15, -0.1) is 0 Å². The fourth-order valence-corrected chi connectivity index (χ4v) is 3.39. The molecule has 168 valence electrons. The highest BCUT2D eigenvalue weighted by atomic mass is 19.4. The molecule has 1 unspecified atom stereocenters. The molecule has 2 aromatic rings. The number of aryl methyl sites for hydroxylation is 1. The van der Waals surface area contributed by atoms with Crippen LogP contribution in [-0.2, 0) is 20.6 Å². The van der Waals surface area contributed by atoms with E-state index < -0.39 is 35.4 Å².